The number of ketones is 1. The highest BCUT2D eigenvalue weighted by Gasteiger charge is 2.53. The molecular formula is C21H23ClN6O4. The van der Waals surface area contributed by atoms with Crippen molar-refractivity contribution in [3.63, 3.8) is 0 Å². The molecule has 2 aliphatic heterocycles. The lowest BCUT2D eigenvalue weighted by Crippen LogP contribution is -2.54. The molecule has 1 saturated carbocycles. The lowest BCUT2D eigenvalue weighted by Gasteiger charge is -2.30. The highest BCUT2D eigenvalue weighted by molar-refractivity contribution is 6.22. The number of halogens is 1. The number of rotatable bonds is 5. The Kier molecular flexibility index (Phi) is 5.64. The molecule has 0 spiro atoms. The summed E-state index contributed by atoms with van der Waals surface area (Å²) >= 11 is 6.37. The predicted octanol–water partition coefficient (Wildman–Crippen LogP) is 0.737. The normalized spacial score (nSPS) is 26.3. The zero-order chi connectivity index (χ0) is 22.2. The first-order valence-corrected chi connectivity index (χ1v) is 11.2. The van der Waals surface area contributed by atoms with Gasteiger partial charge in [-0.1, -0.05) is 18.9 Å². The second-order valence-corrected chi connectivity index (χ2v) is 9.05. The Labute approximate surface area is 189 Å². The predicted molar refractivity (Wildman–Crippen MR) is 112 cm³/mol. The van der Waals surface area contributed by atoms with Crippen molar-refractivity contribution in [2.24, 2.45) is 5.92 Å². The molecule has 3 fully saturated rings. The second-order valence-electron chi connectivity index (χ2n) is 8.49. The molecule has 10 nitrogen and oxygen atoms in total. The number of ether oxygens (including phenoxy) is 1. The van der Waals surface area contributed by atoms with Gasteiger partial charge < -0.3 is 15.0 Å². The molecule has 1 N–H and O–H groups in total. The van der Waals surface area contributed by atoms with Crippen molar-refractivity contribution in [1.29, 1.82) is 0 Å². The first kappa shape index (κ1) is 21.0. The molecule has 1 aliphatic carbocycles. The summed E-state index contributed by atoms with van der Waals surface area (Å²) in [5, 5.41) is 13.6. The molecule has 1 aromatic heterocycles. The van der Waals surface area contributed by atoms with Gasteiger partial charge in [0.25, 0.3) is 5.91 Å². The maximum absolute atomic E-state index is 13.6. The number of likely N-dealkylation sites (tertiary alicyclic amines) is 1. The van der Waals surface area contributed by atoms with Crippen LogP contribution in [-0.2, 0) is 14.3 Å². The van der Waals surface area contributed by atoms with E-state index in [9.17, 15) is 14.4 Å². The lowest BCUT2D eigenvalue weighted by atomic mass is 9.95. The molecule has 4 atom stereocenters. The quantitative estimate of drug-likeness (QED) is 0.656. The van der Waals surface area contributed by atoms with E-state index >= 15 is 0 Å². The average Bonchev–Trinajstić information content (AvgIpc) is 3.59. The summed E-state index contributed by atoms with van der Waals surface area (Å²) in [5.74, 6) is -0.757. The number of carbonyl (C=O) groups excluding carboxylic acids is 3. The summed E-state index contributed by atoms with van der Waals surface area (Å²) in [7, 11) is 0. The van der Waals surface area contributed by atoms with Gasteiger partial charge in [0.05, 0.1) is 11.1 Å². The fraction of sp³-hybridized carbons (Fsp3) is 0.524. The largest absolute Gasteiger partial charge is 0.366 e. The number of hydrogen-bond acceptors (Lipinski definition) is 7. The van der Waals surface area contributed by atoms with E-state index in [0.717, 1.165) is 25.7 Å². The van der Waals surface area contributed by atoms with Gasteiger partial charge in [0.2, 0.25) is 5.91 Å². The van der Waals surface area contributed by atoms with Crippen LogP contribution in [0.3, 0.4) is 0 Å². The van der Waals surface area contributed by atoms with Gasteiger partial charge >= 0.3 is 0 Å². The van der Waals surface area contributed by atoms with E-state index in [1.54, 1.807) is 24.3 Å². The van der Waals surface area contributed by atoms with Gasteiger partial charge in [-0.2, -0.15) is 0 Å². The molecule has 32 heavy (non-hydrogen) atoms. The van der Waals surface area contributed by atoms with Crippen LogP contribution < -0.4 is 5.32 Å². The molecule has 168 valence electrons. The Balaban J connectivity index is 1.38. The number of fused-ring (bicyclic) bond motifs is 1. The van der Waals surface area contributed by atoms with Crippen molar-refractivity contribution in [3.8, 4) is 5.69 Å². The molecule has 11 heteroatoms. The lowest BCUT2D eigenvalue weighted by molar-refractivity contribution is -0.139. The fourth-order valence-electron chi connectivity index (χ4n) is 4.97. The molecule has 2 amide bonds. The number of amides is 2. The highest BCUT2D eigenvalue weighted by Crippen LogP contribution is 2.34. The number of hydrogen-bond donors (Lipinski definition) is 1. The van der Waals surface area contributed by atoms with Crippen LogP contribution in [-0.4, -0.2) is 79.4 Å². The van der Waals surface area contributed by atoms with E-state index in [1.165, 1.54) is 15.9 Å². The summed E-state index contributed by atoms with van der Waals surface area (Å²) in [6.45, 7) is 0.196. The Morgan fingerprint density at radius 2 is 2.06 bits per heavy atom. The smallest absolute Gasteiger partial charge is 0.252 e. The first-order chi connectivity index (χ1) is 15.5. The van der Waals surface area contributed by atoms with Gasteiger partial charge in [-0.05, 0) is 47.4 Å². The second kappa shape index (κ2) is 8.59. The van der Waals surface area contributed by atoms with Crippen LogP contribution in [0.2, 0.25) is 0 Å². The van der Waals surface area contributed by atoms with Crippen molar-refractivity contribution >= 4 is 29.2 Å². The van der Waals surface area contributed by atoms with E-state index in [2.05, 4.69) is 20.8 Å². The van der Waals surface area contributed by atoms with Crippen molar-refractivity contribution in [3.05, 3.63) is 36.2 Å². The Hall–Kier alpha value is -2.85. The van der Waals surface area contributed by atoms with Crippen LogP contribution in [0.25, 0.3) is 5.69 Å². The van der Waals surface area contributed by atoms with Crippen molar-refractivity contribution < 1.29 is 19.1 Å². The molecule has 0 bridgehead atoms. The summed E-state index contributed by atoms with van der Waals surface area (Å²) in [6.07, 6.45) is 4.66. The third-order valence-corrected chi connectivity index (χ3v) is 6.94. The molecule has 3 aliphatic rings. The number of nitrogens with zero attached hydrogens (tertiary/aromatic N) is 5. The van der Waals surface area contributed by atoms with E-state index in [4.69, 9.17) is 16.3 Å². The van der Waals surface area contributed by atoms with Crippen LogP contribution in [0.4, 0.5) is 0 Å². The van der Waals surface area contributed by atoms with Gasteiger partial charge in [0.15, 0.2) is 5.78 Å². The molecule has 0 radical (unpaired) electrons. The van der Waals surface area contributed by atoms with Crippen molar-refractivity contribution in [2.45, 2.75) is 49.2 Å². The minimum absolute atomic E-state index is 0.0133. The Morgan fingerprint density at radius 1 is 1.25 bits per heavy atom. The van der Waals surface area contributed by atoms with Gasteiger partial charge in [0.1, 0.15) is 31.1 Å². The molecule has 3 heterocycles. The number of alkyl halides is 1. The fourth-order valence-corrected chi connectivity index (χ4v) is 5.33. The van der Waals surface area contributed by atoms with Crippen molar-refractivity contribution in [2.75, 3.05) is 13.2 Å². The third-order valence-electron chi connectivity index (χ3n) is 6.55. The zero-order valence-electron chi connectivity index (χ0n) is 17.3. The molecule has 5 rings (SSSR count). The topological polar surface area (TPSA) is 119 Å². The molecular weight excluding hydrogens is 436 g/mol. The van der Waals surface area contributed by atoms with Crippen molar-refractivity contribution in [1.82, 2.24) is 30.4 Å². The standard InChI is InChI=1S/C21H23ClN6O4/c22-15-9-27(18-16(29)10-32-19(15)18)21(31)17(12-4-1-2-5-12)24-20(30)13-6-3-7-14(8-13)28-11-23-25-26-28/h3,6-8,11-12,15,17-19H,1-2,4-5,9-10H2,(H,24,30)/t15-,17-,18+,19+/m0/s1. The van der Waals surface area contributed by atoms with Crippen LogP contribution in [0.15, 0.2) is 30.6 Å². The van der Waals surface area contributed by atoms with Crippen LogP contribution >= 0.6 is 11.6 Å². The number of Topliss-reactive ketones (excluding diaryl/α,β-unsaturated/α-hetero) is 1. The SMILES string of the molecule is O=C(N[C@H](C(=O)N1C[C@H](Cl)[C@H]2OCC(=O)[C@H]21)C1CCCC1)c1cccc(-n2cnnn2)c1. The molecule has 2 aromatic rings. The Bertz CT molecular complexity index is 1030. The first-order valence-electron chi connectivity index (χ1n) is 10.8. The number of tetrazole rings is 1. The van der Waals surface area contributed by atoms with Crippen LogP contribution in [0.5, 0.6) is 0 Å². The summed E-state index contributed by atoms with van der Waals surface area (Å²) in [4.78, 5) is 40.6. The maximum atomic E-state index is 13.6. The van der Waals surface area contributed by atoms with Gasteiger partial charge in [-0.15, -0.1) is 16.7 Å². The van der Waals surface area contributed by atoms with Crippen LogP contribution in [0.1, 0.15) is 36.0 Å². The van der Waals surface area contributed by atoms with Gasteiger partial charge in [-0.25, -0.2) is 4.68 Å². The molecule has 2 saturated heterocycles. The van der Waals surface area contributed by atoms with Gasteiger partial charge in [-0.3, -0.25) is 14.4 Å². The van der Waals surface area contributed by atoms with Gasteiger partial charge in [0, 0.05) is 12.1 Å². The van der Waals surface area contributed by atoms with Crippen LogP contribution in [0, 0.1) is 5.92 Å². The number of aromatic nitrogens is 4. The summed E-state index contributed by atoms with van der Waals surface area (Å²) < 4.78 is 6.96. The Morgan fingerprint density at radius 3 is 2.81 bits per heavy atom. The van der Waals surface area contributed by atoms with E-state index in [-0.39, 0.29) is 36.7 Å². The average molecular weight is 459 g/mol. The summed E-state index contributed by atoms with van der Waals surface area (Å²) in [6, 6.07) is 5.46. The monoisotopic (exact) mass is 458 g/mol. The third kappa shape index (κ3) is 3.77. The minimum atomic E-state index is -0.724. The number of carbonyl (C=O) groups is 3. The highest BCUT2D eigenvalue weighted by atomic mass is 35.5. The number of nitrogens with one attached hydrogen (secondary N) is 1. The van der Waals surface area contributed by atoms with E-state index in [0.29, 0.717) is 11.3 Å². The molecule has 0 unspecified atom stereocenters. The number of benzene rings is 1. The maximum Gasteiger partial charge on any atom is 0.252 e. The minimum Gasteiger partial charge on any atom is -0.366 e. The van der Waals surface area contributed by atoms with E-state index < -0.39 is 23.6 Å². The van der Waals surface area contributed by atoms with E-state index in [1.807, 2.05) is 0 Å². The summed E-state index contributed by atoms with van der Waals surface area (Å²) in [5.41, 5.74) is 1.02. The zero-order valence-corrected chi connectivity index (χ0v) is 18.0. The molecule has 1 aromatic carbocycles.